The molecule has 0 spiro atoms. The first-order chi connectivity index (χ1) is 17.0. The molecule has 35 heavy (non-hydrogen) atoms. The van der Waals surface area contributed by atoms with E-state index in [0.717, 1.165) is 36.8 Å². The number of aromatic hydroxyl groups is 1. The molecule has 2 heterocycles. The van der Waals surface area contributed by atoms with Crippen LogP contribution in [0.15, 0.2) is 73.3 Å². The van der Waals surface area contributed by atoms with Gasteiger partial charge in [-0.25, -0.2) is 4.79 Å². The number of hydrogen-bond acceptors (Lipinski definition) is 8. The SMILES string of the molecule is O=c1oc2ccccc2cc1-c1cs/c(=N\N=C\c2cc([N+](=O)[O-])ccc2O)n1C1CCCCC1. The number of nitrogens with zero attached hydrogens (tertiary/aromatic N) is 4. The van der Waals surface area contributed by atoms with Gasteiger partial charge in [-0.05, 0) is 31.0 Å². The summed E-state index contributed by atoms with van der Waals surface area (Å²) in [4.78, 5) is 24.0. The average Bonchev–Trinajstić information content (AvgIpc) is 3.28. The topological polar surface area (TPSA) is 123 Å². The van der Waals surface area contributed by atoms with Crippen molar-refractivity contribution in [1.29, 1.82) is 0 Å². The number of hydrogen-bond donors (Lipinski definition) is 1. The van der Waals surface area contributed by atoms with Gasteiger partial charge in [0, 0.05) is 34.5 Å². The molecule has 0 bridgehead atoms. The van der Waals surface area contributed by atoms with E-state index in [1.807, 2.05) is 29.6 Å². The lowest BCUT2D eigenvalue weighted by Gasteiger charge is -2.24. The van der Waals surface area contributed by atoms with Gasteiger partial charge in [0.1, 0.15) is 11.3 Å². The van der Waals surface area contributed by atoms with Crippen LogP contribution < -0.4 is 10.4 Å². The maximum Gasteiger partial charge on any atom is 0.345 e. The molecule has 5 rings (SSSR count). The van der Waals surface area contributed by atoms with Gasteiger partial charge < -0.3 is 14.1 Å². The van der Waals surface area contributed by atoms with Crippen LogP contribution in [0.4, 0.5) is 5.69 Å². The van der Waals surface area contributed by atoms with E-state index in [4.69, 9.17) is 4.42 Å². The number of thiazole rings is 1. The smallest absolute Gasteiger partial charge is 0.345 e. The van der Waals surface area contributed by atoms with Crippen molar-refractivity contribution in [1.82, 2.24) is 4.57 Å². The molecular weight excluding hydrogens is 468 g/mol. The summed E-state index contributed by atoms with van der Waals surface area (Å²) in [6.07, 6.45) is 6.56. The summed E-state index contributed by atoms with van der Waals surface area (Å²) < 4.78 is 7.63. The van der Waals surface area contributed by atoms with E-state index in [1.54, 1.807) is 6.07 Å². The summed E-state index contributed by atoms with van der Waals surface area (Å²) in [5, 5.41) is 32.3. The van der Waals surface area contributed by atoms with E-state index < -0.39 is 10.5 Å². The van der Waals surface area contributed by atoms with Crippen LogP contribution in [0.1, 0.15) is 43.7 Å². The van der Waals surface area contributed by atoms with Crippen molar-refractivity contribution < 1.29 is 14.4 Å². The molecule has 4 aromatic rings. The summed E-state index contributed by atoms with van der Waals surface area (Å²) in [6, 6.07) is 13.1. The van der Waals surface area contributed by atoms with E-state index in [-0.39, 0.29) is 23.0 Å². The number of phenolic OH excluding ortho intramolecular Hbond substituents is 1. The lowest BCUT2D eigenvalue weighted by molar-refractivity contribution is -0.384. The predicted octanol–water partition coefficient (Wildman–Crippen LogP) is 5.38. The molecule has 9 nitrogen and oxygen atoms in total. The van der Waals surface area contributed by atoms with E-state index in [0.29, 0.717) is 15.9 Å². The van der Waals surface area contributed by atoms with Gasteiger partial charge >= 0.3 is 5.63 Å². The van der Waals surface area contributed by atoms with Crippen molar-refractivity contribution in [3.05, 3.63) is 84.8 Å². The highest BCUT2D eigenvalue weighted by molar-refractivity contribution is 7.07. The molecule has 0 atom stereocenters. The standard InChI is InChI=1S/C25H22N4O5S/c30-22-11-10-19(29(32)33)12-17(22)14-26-27-25-28(18-7-2-1-3-8-18)21(15-35-25)20-13-16-6-4-5-9-23(16)34-24(20)31/h4-6,9-15,18,30H,1-3,7-8H2/b26-14+,27-25-. The monoisotopic (exact) mass is 490 g/mol. The van der Waals surface area contributed by atoms with Gasteiger partial charge in [-0.2, -0.15) is 5.10 Å². The van der Waals surface area contributed by atoms with Gasteiger partial charge in [-0.3, -0.25) is 10.1 Å². The number of para-hydroxylation sites is 1. The third-order valence-corrected chi connectivity index (χ3v) is 6.99. The highest BCUT2D eigenvalue weighted by Gasteiger charge is 2.22. The Morgan fingerprint density at radius 2 is 1.94 bits per heavy atom. The van der Waals surface area contributed by atoms with Crippen LogP contribution in [-0.2, 0) is 0 Å². The Morgan fingerprint density at radius 3 is 2.74 bits per heavy atom. The Kier molecular flexibility index (Phi) is 6.28. The summed E-state index contributed by atoms with van der Waals surface area (Å²) in [7, 11) is 0. The number of phenols is 1. The fourth-order valence-corrected chi connectivity index (χ4v) is 5.33. The predicted molar refractivity (Wildman–Crippen MR) is 134 cm³/mol. The Morgan fingerprint density at radius 1 is 1.14 bits per heavy atom. The van der Waals surface area contributed by atoms with Gasteiger partial charge in [-0.1, -0.05) is 37.5 Å². The Labute approximate surface area is 203 Å². The van der Waals surface area contributed by atoms with E-state index in [2.05, 4.69) is 14.8 Å². The van der Waals surface area contributed by atoms with Gasteiger partial charge in [0.05, 0.1) is 22.4 Å². The maximum atomic E-state index is 12.9. The zero-order chi connectivity index (χ0) is 24.4. The Hall–Kier alpha value is -4.05. The molecule has 2 aromatic carbocycles. The van der Waals surface area contributed by atoms with Crippen molar-refractivity contribution in [2.45, 2.75) is 38.1 Å². The minimum absolute atomic E-state index is 0.129. The van der Waals surface area contributed by atoms with Crippen LogP contribution >= 0.6 is 11.3 Å². The fourth-order valence-electron chi connectivity index (χ4n) is 4.42. The first-order valence-corrected chi connectivity index (χ1v) is 12.2. The molecule has 0 aliphatic heterocycles. The first-order valence-electron chi connectivity index (χ1n) is 11.3. The summed E-state index contributed by atoms with van der Waals surface area (Å²) in [6.45, 7) is 0. The molecule has 0 saturated heterocycles. The quantitative estimate of drug-likeness (QED) is 0.174. The highest BCUT2D eigenvalue weighted by Crippen LogP contribution is 2.32. The lowest BCUT2D eigenvalue weighted by Crippen LogP contribution is -2.24. The number of aromatic nitrogens is 1. The van der Waals surface area contributed by atoms with Crippen molar-refractivity contribution in [2.75, 3.05) is 0 Å². The van der Waals surface area contributed by atoms with Crippen LogP contribution in [0.2, 0.25) is 0 Å². The number of nitro benzene ring substituents is 1. The lowest BCUT2D eigenvalue weighted by atomic mass is 9.95. The van der Waals surface area contributed by atoms with Crippen molar-refractivity contribution >= 4 is 34.2 Å². The van der Waals surface area contributed by atoms with Crippen LogP contribution in [0.5, 0.6) is 5.75 Å². The third kappa shape index (κ3) is 4.65. The normalized spacial score (nSPS) is 15.3. The van der Waals surface area contributed by atoms with Gasteiger partial charge in [0.15, 0.2) is 0 Å². The van der Waals surface area contributed by atoms with Crippen LogP contribution in [0.3, 0.4) is 0 Å². The minimum atomic E-state index is -0.536. The average molecular weight is 491 g/mol. The molecule has 178 valence electrons. The molecular formula is C25H22N4O5S. The van der Waals surface area contributed by atoms with Gasteiger partial charge in [-0.15, -0.1) is 16.4 Å². The molecule has 10 heteroatoms. The first kappa shape index (κ1) is 22.7. The summed E-state index contributed by atoms with van der Waals surface area (Å²) in [5.74, 6) is -0.129. The fraction of sp³-hybridized carbons (Fsp3) is 0.240. The van der Waals surface area contributed by atoms with Gasteiger partial charge in [0.25, 0.3) is 5.69 Å². The number of non-ortho nitro benzene ring substituents is 1. The maximum absolute atomic E-state index is 12.9. The molecule has 0 unspecified atom stereocenters. The molecule has 2 aromatic heterocycles. The van der Waals surface area contributed by atoms with Crippen LogP contribution in [0.25, 0.3) is 22.2 Å². The number of benzene rings is 2. The minimum Gasteiger partial charge on any atom is -0.507 e. The molecule has 0 radical (unpaired) electrons. The Balaban J connectivity index is 1.60. The van der Waals surface area contributed by atoms with E-state index >= 15 is 0 Å². The largest absolute Gasteiger partial charge is 0.507 e. The van der Waals surface area contributed by atoms with Crippen molar-refractivity contribution in [2.24, 2.45) is 10.2 Å². The van der Waals surface area contributed by atoms with Crippen LogP contribution in [0, 0.1) is 10.1 Å². The number of rotatable bonds is 5. The second-order valence-corrected chi connectivity index (χ2v) is 9.23. The van der Waals surface area contributed by atoms with E-state index in [1.165, 1.54) is 42.2 Å². The highest BCUT2D eigenvalue weighted by atomic mass is 32.1. The molecule has 1 aliphatic carbocycles. The molecule has 1 fully saturated rings. The Bertz CT molecular complexity index is 1560. The van der Waals surface area contributed by atoms with Crippen molar-refractivity contribution in [3.63, 3.8) is 0 Å². The van der Waals surface area contributed by atoms with Gasteiger partial charge in [0.2, 0.25) is 4.80 Å². The second-order valence-electron chi connectivity index (χ2n) is 8.40. The zero-order valence-electron chi connectivity index (χ0n) is 18.7. The zero-order valence-corrected chi connectivity index (χ0v) is 19.5. The van der Waals surface area contributed by atoms with E-state index in [9.17, 15) is 20.0 Å². The molecule has 0 amide bonds. The molecule has 1 aliphatic rings. The van der Waals surface area contributed by atoms with Crippen molar-refractivity contribution in [3.8, 4) is 17.0 Å². The summed E-state index contributed by atoms with van der Waals surface area (Å²) >= 11 is 1.36. The number of fused-ring (bicyclic) bond motifs is 1. The summed E-state index contributed by atoms with van der Waals surface area (Å²) in [5.41, 5.74) is 1.36. The second kappa shape index (κ2) is 9.67. The van der Waals surface area contributed by atoms with Crippen LogP contribution in [-0.4, -0.2) is 20.8 Å². The third-order valence-electron chi connectivity index (χ3n) is 6.16. The molecule has 1 saturated carbocycles. The number of nitro groups is 1. The molecule has 1 N–H and O–H groups in total.